The van der Waals surface area contributed by atoms with Gasteiger partial charge in [0.1, 0.15) is 5.75 Å². The van der Waals surface area contributed by atoms with Crippen molar-refractivity contribution in [1.29, 1.82) is 0 Å². The van der Waals surface area contributed by atoms with Crippen LogP contribution in [0.1, 0.15) is 12.8 Å². The van der Waals surface area contributed by atoms with E-state index in [1.807, 2.05) is 0 Å². The van der Waals surface area contributed by atoms with Crippen LogP contribution in [0.15, 0.2) is 36.9 Å². The first-order valence-corrected chi connectivity index (χ1v) is 8.73. The van der Waals surface area contributed by atoms with Crippen LogP contribution in [0.3, 0.4) is 0 Å². The lowest BCUT2D eigenvalue weighted by atomic mass is 10.2. The number of carbonyl (C=O) groups excluding carboxylic acids is 1. The largest absolute Gasteiger partial charge is 0.495 e. The average Bonchev–Trinajstić information content (AvgIpc) is 2.48. The van der Waals surface area contributed by atoms with E-state index in [2.05, 4.69) is 11.9 Å². The van der Waals surface area contributed by atoms with Crippen LogP contribution in [0.4, 0.5) is 5.69 Å². The van der Waals surface area contributed by atoms with E-state index >= 15 is 0 Å². The highest BCUT2D eigenvalue weighted by Gasteiger charge is 2.20. The maximum Gasteiger partial charge on any atom is 0.232 e. The number of hydrogen-bond donors (Lipinski definition) is 1. The summed E-state index contributed by atoms with van der Waals surface area (Å²) >= 11 is 0. The maximum atomic E-state index is 12.0. The topological polar surface area (TPSA) is 75.7 Å². The first-order chi connectivity index (χ1) is 10.4. The van der Waals surface area contributed by atoms with Crippen molar-refractivity contribution in [3.63, 3.8) is 0 Å². The molecule has 0 fully saturated rings. The van der Waals surface area contributed by atoms with Crippen molar-refractivity contribution in [2.45, 2.75) is 12.8 Å². The molecule has 6 nitrogen and oxygen atoms in total. The number of sulfonamides is 1. The maximum absolute atomic E-state index is 12.0. The van der Waals surface area contributed by atoms with Gasteiger partial charge in [-0.25, -0.2) is 8.42 Å². The molecule has 7 heteroatoms. The molecule has 0 atom stereocenters. The number of benzene rings is 1. The predicted molar refractivity (Wildman–Crippen MR) is 87.6 cm³/mol. The predicted octanol–water partition coefficient (Wildman–Crippen LogP) is 1.54. The molecule has 0 radical (unpaired) electrons. The van der Waals surface area contributed by atoms with Crippen LogP contribution >= 0.6 is 0 Å². The molecule has 1 aromatic rings. The fraction of sp³-hybridized carbons (Fsp3) is 0.400. The summed E-state index contributed by atoms with van der Waals surface area (Å²) in [5, 5.41) is 2.66. The quantitative estimate of drug-likeness (QED) is 0.699. The Hall–Kier alpha value is -2.02. The molecule has 0 saturated heterocycles. The molecule has 1 rings (SSSR count). The Balaban J connectivity index is 2.79. The fourth-order valence-corrected chi connectivity index (χ4v) is 2.93. The molecule has 0 spiro atoms. The zero-order valence-corrected chi connectivity index (χ0v) is 13.7. The number of carbonyl (C=O) groups is 1. The SMILES string of the molecule is C=CCNC(=O)CCCN(c1ccccc1OC)S(C)(=O)=O. The van der Waals surface area contributed by atoms with Gasteiger partial charge < -0.3 is 10.1 Å². The third-order valence-corrected chi connectivity index (χ3v) is 4.14. The van der Waals surface area contributed by atoms with Gasteiger partial charge in [-0.2, -0.15) is 0 Å². The number of rotatable bonds is 9. The number of hydrogen-bond acceptors (Lipinski definition) is 4. The molecule has 0 aliphatic rings. The molecular weight excluding hydrogens is 304 g/mol. The molecule has 0 aliphatic heterocycles. The normalized spacial score (nSPS) is 10.8. The Labute approximate surface area is 131 Å². The van der Waals surface area contributed by atoms with Crippen molar-refractivity contribution in [1.82, 2.24) is 5.32 Å². The lowest BCUT2D eigenvalue weighted by Gasteiger charge is -2.24. The van der Waals surface area contributed by atoms with E-state index in [4.69, 9.17) is 4.74 Å². The van der Waals surface area contributed by atoms with E-state index in [9.17, 15) is 13.2 Å². The molecule has 0 aromatic heterocycles. The lowest BCUT2D eigenvalue weighted by Crippen LogP contribution is -2.32. The van der Waals surface area contributed by atoms with Crippen molar-refractivity contribution in [2.75, 3.05) is 30.8 Å². The van der Waals surface area contributed by atoms with Crippen molar-refractivity contribution in [3.8, 4) is 5.75 Å². The van der Waals surface area contributed by atoms with Crippen molar-refractivity contribution in [3.05, 3.63) is 36.9 Å². The Bertz CT molecular complexity index is 614. The summed E-state index contributed by atoms with van der Waals surface area (Å²) < 4.78 is 30.5. The molecule has 0 bridgehead atoms. The Kier molecular flexibility index (Phi) is 6.91. The first-order valence-electron chi connectivity index (χ1n) is 6.88. The molecule has 1 aromatic carbocycles. The Morgan fingerprint density at radius 3 is 2.68 bits per heavy atom. The highest BCUT2D eigenvalue weighted by molar-refractivity contribution is 7.92. The van der Waals surface area contributed by atoms with Gasteiger partial charge >= 0.3 is 0 Å². The van der Waals surface area contributed by atoms with Crippen molar-refractivity contribution >= 4 is 21.6 Å². The van der Waals surface area contributed by atoms with Gasteiger partial charge in [0, 0.05) is 19.5 Å². The summed E-state index contributed by atoms with van der Waals surface area (Å²) in [6, 6.07) is 6.89. The first kappa shape index (κ1) is 18.0. The zero-order chi connectivity index (χ0) is 16.6. The van der Waals surface area contributed by atoms with Crippen molar-refractivity contribution < 1.29 is 17.9 Å². The smallest absolute Gasteiger partial charge is 0.232 e. The van der Waals surface area contributed by atoms with Gasteiger partial charge in [0.05, 0.1) is 19.1 Å². The third-order valence-electron chi connectivity index (χ3n) is 2.96. The molecule has 22 heavy (non-hydrogen) atoms. The van der Waals surface area contributed by atoms with Gasteiger partial charge in [0.25, 0.3) is 0 Å². The monoisotopic (exact) mass is 326 g/mol. The number of methoxy groups -OCH3 is 1. The standard InChI is InChI=1S/C15H22N2O4S/c1-4-11-16-15(18)10-7-12-17(22(3,19)20)13-8-5-6-9-14(13)21-2/h4-6,8-9H,1,7,10-12H2,2-3H3,(H,16,18). The molecular formula is C15H22N2O4S. The van der Waals surface area contributed by atoms with Crippen molar-refractivity contribution in [2.24, 2.45) is 0 Å². The van der Waals surface area contributed by atoms with E-state index < -0.39 is 10.0 Å². The van der Waals surface area contributed by atoms with E-state index in [0.29, 0.717) is 24.4 Å². The minimum Gasteiger partial charge on any atom is -0.495 e. The lowest BCUT2D eigenvalue weighted by molar-refractivity contribution is -0.120. The number of anilines is 1. The van der Waals surface area contributed by atoms with Crippen LogP contribution in [0, 0.1) is 0 Å². The summed E-state index contributed by atoms with van der Waals surface area (Å²) in [5.41, 5.74) is 0.471. The van der Waals surface area contributed by atoms with Gasteiger partial charge in [-0.1, -0.05) is 18.2 Å². The van der Waals surface area contributed by atoms with Gasteiger partial charge in [-0.3, -0.25) is 9.10 Å². The van der Waals surface area contributed by atoms with Crippen LogP contribution in [0.2, 0.25) is 0 Å². The molecule has 0 heterocycles. The molecule has 0 saturated carbocycles. The number of amides is 1. The van der Waals surface area contributed by atoms with Crippen LogP contribution < -0.4 is 14.4 Å². The highest BCUT2D eigenvalue weighted by atomic mass is 32.2. The fourth-order valence-electron chi connectivity index (χ4n) is 1.96. The van der Waals surface area contributed by atoms with Gasteiger partial charge in [0.15, 0.2) is 0 Å². The summed E-state index contributed by atoms with van der Waals surface area (Å²) in [6.45, 7) is 4.13. The average molecular weight is 326 g/mol. The van der Waals surface area contributed by atoms with E-state index in [0.717, 1.165) is 6.26 Å². The molecule has 122 valence electrons. The summed E-state index contributed by atoms with van der Waals surface area (Å²) in [7, 11) is -1.97. The Morgan fingerprint density at radius 1 is 1.41 bits per heavy atom. The Morgan fingerprint density at radius 2 is 2.09 bits per heavy atom. The van der Waals surface area contributed by atoms with Crippen LogP contribution in [0.25, 0.3) is 0 Å². The van der Waals surface area contributed by atoms with E-state index in [-0.39, 0.29) is 18.9 Å². The van der Waals surface area contributed by atoms with E-state index in [1.165, 1.54) is 11.4 Å². The number of ether oxygens (including phenoxy) is 1. The number of para-hydroxylation sites is 2. The van der Waals surface area contributed by atoms with Crippen LogP contribution in [-0.4, -0.2) is 40.8 Å². The van der Waals surface area contributed by atoms with Gasteiger partial charge in [-0.15, -0.1) is 6.58 Å². The molecule has 1 N–H and O–H groups in total. The second kappa shape index (κ2) is 8.43. The highest BCUT2D eigenvalue weighted by Crippen LogP contribution is 2.29. The second-order valence-electron chi connectivity index (χ2n) is 4.70. The molecule has 1 amide bonds. The number of nitrogens with zero attached hydrogens (tertiary/aromatic N) is 1. The number of nitrogens with one attached hydrogen (secondary N) is 1. The van der Waals surface area contributed by atoms with Crippen LogP contribution in [-0.2, 0) is 14.8 Å². The van der Waals surface area contributed by atoms with E-state index in [1.54, 1.807) is 30.3 Å². The summed E-state index contributed by atoms with van der Waals surface area (Å²) in [6.07, 6.45) is 3.38. The zero-order valence-electron chi connectivity index (χ0n) is 12.9. The summed E-state index contributed by atoms with van der Waals surface area (Å²) in [4.78, 5) is 11.5. The third kappa shape index (κ3) is 5.40. The van der Waals surface area contributed by atoms with Gasteiger partial charge in [-0.05, 0) is 18.6 Å². The molecule has 0 aliphatic carbocycles. The minimum atomic E-state index is -3.46. The minimum absolute atomic E-state index is 0.131. The van der Waals surface area contributed by atoms with Gasteiger partial charge in [0.2, 0.25) is 15.9 Å². The molecule has 0 unspecified atom stereocenters. The second-order valence-corrected chi connectivity index (χ2v) is 6.61. The summed E-state index contributed by atoms with van der Waals surface area (Å²) in [5.74, 6) is 0.345. The van der Waals surface area contributed by atoms with Crippen LogP contribution in [0.5, 0.6) is 5.75 Å².